The van der Waals surface area contributed by atoms with Crippen molar-refractivity contribution in [3.8, 4) is 5.75 Å². The molecule has 1 heterocycles. The predicted molar refractivity (Wildman–Crippen MR) is 112 cm³/mol. The largest absolute Gasteiger partial charge is 0.492 e. The molecule has 0 spiro atoms. The molecule has 0 fully saturated rings. The Morgan fingerprint density at radius 3 is 2.28 bits per heavy atom. The maximum atomic E-state index is 12.4. The molecule has 0 radical (unpaired) electrons. The van der Waals surface area contributed by atoms with Crippen LogP contribution in [0.5, 0.6) is 5.75 Å². The van der Waals surface area contributed by atoms with E-state index < -0.39 is 0 Å². The van der Waals surface area contributed by atoms with Crippen LogP contribution < -0.4 is 20.7 Å². The molecule has 2 amide bonds. The summed E-state index contributed by atoms with van der Waals surface area (Å²) in [5, 5.41) is 16.6. The molecule has 3 aromatic rings. The quantitative estimate of drug-likeness (QED) is 0.565. The van der Waals surface area contributed by atoms with Crippen molar-refractivity contribution in [3.05, 3.63) is 66.4 Å². The van der Waals surface area contributed by atoms with E-state index in [4.69, 9.17) is 4.74 Å². The average Bonchev–Trinajstić information content (AvgIpc) is 2.71. The number of para-hydroxylation sites is 2. The van der Waals surface area contributed by atoms with Gasteiger partial charge in [-0.2, -0.15) is 0 Å². The third-order valence-electron chi connectivity index (χ3n) is 3.81. The van der Waals surface area contributed by atoms with Crippen LogP contribution in [0.25, 0.3) is 0 Å². The first-order valence-corrected chi connectivity index (χ1v) is 9.06. The first-order chi connectivity index (χ1) is 14.0. The highest BCUT2D eigenvalue weighted by atomic mass is 16.5. The summed E-state index contributed by atoms with van der Waals surface area (Å²) in [7, 11) is 0. The zero-order valence-electron chi connectivity index (χ0n) is 16.1. The second kappa shape index (κ2) is 9.32. The number of nitrogens with zero attached hydrogens (tertiary/aromatic N) is 2. The topological polar surface area (TPSA) is 105 Å². The Bertz CT molecular complexity index is 988. The van der Waals surface area contributed by atoms with Crippen LogP contribution in [0.4, 0.5) is 22.9 Å². The molecule has 0 bridgehead atoms. The Morgan fingerprint density at radius 2 is 1.62 bits per heavy atom. The molecule has 0 aliphatic carbocycles. The molecule has 8 nitrogen and oxygen atoms in total. The number of rotatable bonds is 7. The van der Waals surface area contributed by atoms with Crippen molar-refractivity contribution in [3.63, 3.8) is 0 Å². The van der Waals surface area contributed by atoms with Crippen LogP contribution in [-0.4, -0.2) is 28.6 Å². The van der Waals surface area contributed by atoms with Crippen molar-refractivity contribution in [2.45, 2.75) is 13.8 Å². The monoisotopic (exact) mass is 391 g/mol. The van der Waals surface area contributed by atoms with Gasteiger partial charge in [0.25, 0.3) is 5.91 Å². The zero-order valence-corrected chi connectivity index (χ0v) is 16.1. The molecule has 3 N–H and O–H groups in total. The van der Waals surface area contributed by atoms with Gasteiger partial charge in [0.1, 0.15) is 5.75 Å². The molecule has 0 saturated carbocycles. The standard InChI is InChI=1S/C21H21N5O3/c1-3-29-19-7-5-4-6-17(19)24-21(28)18-12-13-20(26-25-18)23-16-10-8-15(9-11-16)22-14(2)27/h4-13H,3H2,1-2H3,(H,22,27)(H,23,26)(H,24,28). The van der Waals surface area contributed by atoms with Crippen LogP contribution in [0, 0.1) is 0 Å². The molecule has 3 rings (SSSR count). The summed E-state index contributed by atoms with van der Waals surface area (Å²) >= 11 is 0. The molecular weight excluding hydrogens is 370 g/mol. The lowest BCUT2D eigenvalue weighted by molar-refractivity contribution is -0.114. The second-order valence-electron chi connectivity index (χ2n) is 6.07. The van der Waals surface area contributed by atoms with Crippen LogP contribution >= 0.6 is 0 Å². The van der Waals surface area contributed by atoms with Crippen LogP contribution in [-0.2, 0) is 4.79 Å². The number of ether oxygens (including phenoxy) is 1. The van der Waals surface area contributed by atoms with Gasteiger partial charge in [0, 0.05) is 18.3 Å². The van der Waals surface area contributed by atoms with Crippen molar-refractivity contribution in [2.75, 3.05) is 22.6 Å². The van der Waals surface area contributed by atoms with E-state index in [2.05, 4.69) is 26.1 Å². The van der Waals surface area contributed by atoms with E-state index in [9.17, 15) is 9.59 Å². The summed E-state index contributed by atoms with van der Waals surface area (Å²) in [6.07, 6.45) is 0. The SMILES string of the molecule is CCOc1ccccc1NC(=O)c1ccc(Nc2ccc(NC(C)=O)cc2)nn1. The third-order valence-corrected chi connectivity index (χ3v) is 3.81. The van der Waals surface area contributed by atoms with Gasteiger partial charge in [-0.05, 0) is 55.5 Å². The van der Waals surface area contributed by atoms with Gasteiger partial charge in [-0.25, -0.2) is 0 Å². The molecule has 0 unspecified atom stereocenters. The maximum Gasteiger partial charge on any atom is 0.276 e. The first kappa shape index (κ1) is 19.8. The van der Waals surface area contributed by atoms with Crippen LogP contribution in [0.1, 0.15) is 24.3 Å². The predicted octanol–water partition coefficient (Wildman–Crippen LogP) is 3.83. The summed E-state index contributed by atoms with van der Waals surface area (Å²) in [4.78, 5) is 23.5. The molecule has 0 saturated heterocycles. The van der Waals surface area contributed by atoms with Crippen LogP contribution in [0.15, 0.2) is 60.7 Å². The highest BCUT2D eigenvalue weighted by Gasteiger charge is 2.11. The molecular formula is C21H21N5O3. The fraction of sp³-hybridized carbons (Fsp3) is 0.143. The van der Waals surface area contributed by atoms with Gasteiger partial charge < -0.3 is 20.7 Å². The highest BCUT2D eigenvalue weighted by molar-refractivity contribution is 6.03. The molecule has 1 aromatic heterocycles. The van der Waals surface area contributed by atoms with Crippen LogP contribution in [0.2, 0.25) is 0 Å². The van der Waals surface area contributed by atoms with Gasteiger partial charge in [0.05, 0.1) is 12.3 Å². The summed E-state index contributed by atoms with van der Waals surface area (Å²) in [5.74, 6) is 0.575. The van der Waals surface area contributed by atoms with E-state index in [1.807, 2.05) is 19.1 Å². The maximum absolute atomic E-state index is 12.4. The Labute approximate surface area is 168 Å². The minimum Gasteiger partial charge on any atom is -0.492 e. The fourth-order valence-corrected chi connectivity index (χ4v) is 2.55. The molecule has 2 aromatic carbocycles. The number of benzene rings is 2. The van der Waals surface area contributed by atoms with Crippen LogP contribution in [0.3, 0.4) is 0 Å². The van der Waals surface area contributed by atoms with Gasteiger partial charge in [0.15, 0.2) is 11.5 Å². The van der Waals surface area contributed by atoms with Crippen molar-refractivity contribution in [2.24, 2.45) is 0 Å². The lowest BCUT2D eigenvalue weighted by Crippen LogP contribution is -2.15. The van der Waals surface area contributed by atoms with E-state index in [1.54, 1.807) is 48.5 Å². The fourth-order valence-electron chi connectivity index (χ4n) is 2.55. The molecule has 0 aliphatic heterocycles. The Hall–Kier alpha value is -3.94. The number of nitrogens with one attached hydrogen (secondary N) is 3. The molecule has 8 heteroatoms. The smallest absolute Gasteiger partial charge is 0.276 e. The number of carbonyl (C=O) groups is 2. The molecule has 0 aliphatic rings. The normalized spacial score (nSPS) is 10.1. The number of hydrogen-bond donors (Lipinski definition) is 3. The number of amides is 2. The van der Waals surface area contributed by atoms with Crippen molar-refractivity contribution < 1.29 is 14.3 Å². The number of aromatic nitrogens is 2. The van der Waals surface area contributed by atoms with Gasteiger partial charge >= 0.3 is 0 Å². The van der Waals surface area contributed by atoms with E-state index in [-0.39, 0.29) is 17.5 Å². The summed E-state index contributed by atoms with van der Waals surface area (Å²) < 4.78 is 5.50. The van der Waals surface area contributed by atoms with Crippen molar-refractivity contribution >= 4 is 34.7 Å². The minimum absolute atomic E-state index is 0.130. The summed E-state index contributed by atoms with van der Waals surface area (Å²) in [6, 6.07) is 17.6. The molecule has 148 valence electrons. The summed E-state index contributed by atoms with van der Waals surface area (Å²) in [5.41, 5.74) is 2.23. The third kappa shape index (κ3) is 5.52. The average molecular weight is 391 g/mol. The van der Waals surface area contributed by atoms with Gasteiger partial charge in [-0.3, -0.25) is 9.59 Å². The highest BCUT2D eigenvalue weighted by Crippen LogP contribution is 2.24. The zero-order chi connectivity index (χ0) is 20.6. The van der Waals surface area contributed by atoms with Gasteiger partial charge in [-0.15, -0.1) is 10.2 Å². The van der Waals surface area contributed by atoms with E-state index >= 15 is 0 Å². The lowest BCUT2D eigenvalue weighted by atomic mass is 10.2. The first-order valence-electron chi connectivity index (χ1n) is 9.06. The summed E-state index contributed by atoms with van der Waals surface area (Å²) in [6.45, 7) is 3.83. The van der Waals surface area contributed by atoms with Crippen molar-refractivity contribution in [1.29, 1.82) is 0 Å². The second-order valence-corrected chi connectivity index (χ2v) is 6.07. The van der Waals surface area contributed by atoms with E-state index in [0.29, 0.717) is 29.5 Å². The van der Waals surface area contributed by atoms with Gasteiger partial charge in [-0.1, -0.05) is 12.1 Å². The van der Waals surface area contributed by atoms with E-state index in [1.165, 1.54) is 6.92 Å². The number of anilines is 4. The Kier molecular flexibility index (Phi) is 6.36. The molecule has 29 heavy (non-hydrogen) atoms. The Balaban J connectivity index is 1.64. The van der Waals surface area contributed by atoms with Gasteiger partial charge in [0.2, 0.25) is 5.91 Å². The molecule has 0 atom stereocenters. The minimum atomic E-state index is -0.379. The van der Waals surface area contributed by atoms with E-state index in [0.717, 1.165) is 5.69 Å². The Morgan fingerprint density at radius 1 is 0.897 bits per heavy atom. The van der Waals surface area contributed by atoms with Crippen molar-refractivity contribution in [1.82, 2.24) is 10.2 Å². The number of carbonyl (C=O) groups excluding carboxylic acids is 2. The lowest BCUT2D eigenvalue weighted by Gasteiger charge is -2.11. The number of hydrogen-bond acceptors (Lipinski definition) is 6.